The van der Waals surface area contributed by atoms with Gasteiger partial charge in [-0.2, -0.15) is 0 Å². The summed E-state index contributed by atoms with van der Waals surface area (Å²) in [6.45, 7) is 8.56. The first-order valence-corrected chi connectivity index (χ1v) is 8.30. The van der Waals surface area contributed by atoms with E-state index in [1.807, 2.05) is 27.7 Å². The topological polar surface area (TPSA) is 92.9 Å². The van der Waals surface area contributed by atoms with Gasteiger partial charge < -0.3 is 16.4 Å². The SMILES string of the molecule is CCNc1nc(N)c(C(=O)NC(C)c2sc(C)nc2C)s1. The summed E-state index contributed by atoms with van der Waals surface area (Å²) in [6, 6.07) is -0.104. The second-order valence-electron chi connectivity index (χ2n) is 4.64. The highest BCUT2D eigenvalue weighted by atomic mass is 32.1. The van der Waals surface area contributed by atoms with Gasteiger partial charge in [0.1, 0.15) is 10.7 Å². The smallest absolute Gasteiger partial charge is 0.265 e. The van der Waals surface area contributed by atoms with Crippen LogP contribution in [0, 0.1) is 13.8 Å². The van der Waals surface area contributed by atoms with Crippen molar-refractivity contribution >= 4 is 39.5 Å². The van der Waals surface area contributed by atoms with Gasteiger partial charge >= 0.3 is 0 Å². The van der Waals surface area contributed by atoms with Crippen molar-refractivity contribution in [1.29, 1.82) is 0 Å². The van der Waals surface area contributed by atoms with Crippen LogP contribution in [-0.2, 0) is 0 Å². The molecule has 0 saturated heterocycles. The number of amides is 1. The number of carbonyl (C=O) groups excluding carboxylic acids is 1. The Morgan fingerprint density at radius 1 is 1.33 bits per heavy atom. The van der Waals surface area contributed by atoms with Gasteiger partial charge in [-0.3, -0.25) is 4.79 Å². The minimum absolute atomic E-state index is 0.104. The Balaban J connectivity index is 2.12. The molecule has 1 unspecified atom stereocenters. The van der Waals surface area contributed by atoms with Crippen molar-refractivity contribution in [3.8, 4) is 0 Å². The molecule has 0 spiro atoms. The first-order chi connectivity index (χ1) is 9.92. The summed E-state index contributed by atoms with van der Waals surface area (Å²) in [7, 11) is 0. The van der Waals surface area contributed by atoms with Gasteiger partial charge in [0, 0.05) is 11.4 Å². The van der Waals surface area contributed by atoms with E-state index in [0.29, 0.717) is 10.0 Å². The highest BCUT2D eigenvalue weighted by Gasteiger charge is 2.20. The maximum Gasteiger partial charge on any atom is 0.265 e. The fourth-order valence-electron chi connectivity index (χ4n) is 2.00. The fourth-order valence-corrected chi connectivity index (χ4v) is 3.78. The molecule has 0 bridgehead atoms. The molecule has 2 aromatic rings. The third-order valence-electron chi connectivity index (χ3n) is 2.87. The average molecular weight is 325 g/mol. The van der Waals surface area contributed by atoms with E-state index in [1.54, 1.807) is 11.3 Å². The Labute approximate surface area is 131 Å². The highest BCUT2D eigenvalue weighted by Crippen LogP contribution is 2.28. The number of aryl methyl sites for hydroxylation is 2. The van der Waals surface area contributed by atoms with Gasteiger partial charge in [-0.05, 0) is 27.7 Å². The van der Waals surface area contributed by atoms with Gasteiger partial charge in [-0.15, -0.1) is 11.3 Å². The van der Waals surface area contributed by atoms with Crippen molar-refractivity contribution in [3.05, 3.63) is 20.5 Å². The van der Waals surface area contributed by atoms with Crippen LogP contribution < -0.4 is 16.4 Å². The monoisotopic (exact) mass is 325 g/mol. The molecule has 2 aromatic heterocycles. The first-order valence-electron chi connectivity index (χ1n) is 6.67. The van der Waals surface area contributed by atoms with E-state index in [1.165, 1.54) is 11.3 Å². The molecule has 0 radical (unpaired) electrons. The first kappa shape index (κ1) is 15.7. The predicted octanol–water partition coefficient (Wildman–Crippen LogP) is 2.72. The summed E-state index contributed by atoms with van der Waals surface area (Å²) in [4.78, 5) is 22.3. The Hall–Kier alpha value is -1.67. The lowest BCUT2D eigenvalue weighted by Crippen LogP contribution is -2.26. The van der Waals surface area contributed by atoms with Crippen LogP contribution in [0.3, 0.4) is 0 Å². The van der Waals surface area contributed by atoms with E-state index in [-0.39, 0.29) is 17.8 Å². The predicted molar refractivity (Wildman–Crippen MR) is 88.2 cm³/mol. The molecule has 4 N–H and O–H groups in total. The van der Waals surface area contributed by atoms with Crippen molar-refractivity contribution < 1.29 is 4.79 Å². The zero-order valence-electron chi connectivity index (χ0n) is 12.5. The minimum Gasteiger partial charge on any atom is -0.382 e. The summed E-state index contributed by atoms with van der Waals surface area (Å²) < 4.78 is 0. The van der Waals surface area contributed by atoms with Crippen LogP contribution in [0.5, 0.6) is 0 Å². The van der Waals surface area contributed by atoms with E-state index < -0.39 is 0 Å². The molecular formula is C13H19N5OS2. The number of anilines is 2. The average Bonchev–Trinajstić information content (AvgIpc) is 2.92. The number of nitrogen functional groups attached to an aromatic ring is 1. The Bertz CT molecular complexity index is 649. The van der Waals surface area contributed by atoms with E-state index in [2.05, 4.69) is 20.6 Å². The summed E-state index contributed by atoms with van der Waals surface area (Å²) in [5, 5.41) is 7.68. The number of nitrogens with two attached hydrogens (primary N) is 1. The van der Waals surface area contributed by atoms with Crippen LogP contribution >= 0.6 is 22.7 Å². The second kappa shape index (κ2) is 6.40. The number of nitrogens with one attached hydrogen (secondary N) is 2. The largest absolute Gasteiger partial charge is 0.382 e. The molecule has 0 aliphatic heterocycles. The molecule has 6 nitrogen and oxygen atoms in total. The molecule has 1 atom stereocenters. The van der Waals surface area contributed by atoms with Crippen LogP contribution in [0.15, 0.2) is 0 Å². The van der Waals surface area contributed by atoms with Crippen LogP contribution in [-0.4, -0.2) is 22.4 Å². The third-order valence-corrected chi connectivity index (χ3v) is 5.15. The minimum atomic E-state index is -0.202. The van der Waals surface area contributed by atoms with E-state index in [0.717, 1.165) is 22.1 Å². The molecule has 21 heavy (non-hydrogen) atoms. The lowest BCUT2D eigenvalue weighted by Gasteiger charge is -2.12. The van der Waals surface area contributed by atoms with Gasteiger partial charge in [0.15, 0.2) is 5.13 Å². The Kier molecular flexibility index (Phi) is 4.79. The molecule has 8 heteroatoms. The molecular weight excluding hydrogens is 306 g/mol. The third kappa shape index (κ3) is 3.51. The zero-order valence-corrected chi connectivity index (χ0v) is 14.1. The maximum absolute atomic E-state index is 12.3. The summed E-state index contributed by atoms with van der Waals surface area (Å²) in [6.07, 6.45) is 0. The molecule has 0 aliphatic carbocycles. The van der Waals surface area contributed by atoms with Gasteiger partial charge in [0.25, 0.3) is 5.91 Å². The maximum atomic E-state index is 12.3. The van der Waals surface area contributed by atoms with Crippen molar-refractivity contribution in [2.75, 3.05) is 17.6 Å². The van der Waals surface area contributed by atoms with Crippen molar-refractivity contribution in [3.63, 3.8) is 0 Å². The fraction of sp³-hybridized carbons (Fsp3) is 0.462. The quantitative estimate of drug-likeness (QED) is 0.786. The Morgan fingerprint density at radius 3 is 2.62 bits per heavy atom. The van der Waals surface area contributed by atoms with Crippen molar-refractivity contribution in [2.45, 2.75) is 33.7 Å². The molecule has 2 rings (SSSR count). The molecule has 0 aliphatic rings. The molecule has 1 amide bonds. The summed E-state index contributed by atoms with van der Waals surface area (Å²) in [5.41, 5.74) is 6.76. The lowest BCUT2D eigenvalue weighted by molar-refractivity contribution is 0.0945. The van der Waals surface area contributed by atoms with Crippen LogP contribution in [0.4, 0.5) is 10.9 Å². The van der Waals surface area contributed by atoms with Gasteiger partial charge in [-0.1, -0.05) is 11.3 Å². The number of nitrogens with zero attached hydrogens (tertiary/aromatic N) is 2. The number of rotatable bonds is 5. The zero-order chi connectivity index (χ0) is 15.6. The number of hydrogen-bond donors (Lipinski definition) is 3. The normalized spacial score (nSPS) is 12.2. The molecule has 2 heterocycles. The second-order valence-corrected chi connectivity index (χ2v) is 6.88. The summed E-state index contributed by atoms with van der Waals surface area (Å²) >= 11 is 2.86. The van der Waals surface area contributed by atoms with Crippen LogP contribution in [0.2, 0.25) is 0 Å². The number of carbonyl (C=O) groups is 1. The molecule has 0 saturated carbocycles. The van der Waals surface area contributed by atoms with Crippen molar-refractivity contribution in [2.24, 2.45) is 0 Å². The lowest BCUT2D eigenvalue weighted by atomic mass is 10.2. The van der Waals surface area contributed by atoms with E-state index >= 15 is 0 Å². The molecule has 0 aromatic carbocycles. The van der Waals surface area contributed by atoms with Gasteiger partial charge in [0.05, 0.1) is 16.7 Å². The van der Waals surface area contributed by atoms with Crippen LogP contribution in [0.25, 0.3) is 0 Å². The number of aromatic nitrogens is 2. The molecule has 114 valence electrons. The van der Waals surface area contributed by atoms with Crippen LogP contribution in [0.1, 0.15) is 45.1 Å². The number of hydrogen-bond acceptors (Lipinski definition) is 7. The molecule has 0 fully saturated rings. The van der Waals surface area contributed by atoms with Crippen molar-refractivity contribution in [1.82, 2.24) is 15.3 Å². The van der Waals surface area contributed by atoms with E-state index in [9.17, 15) is 4.79 Å². The highest BCUT2D eigenvalue weighted by molar-refractivity contribution is 7.18. The number of thiazole rings is 2. The van der Waals surface area contributed by atoms with E-state index in [4.69, 9.17) is 5.73 Å². The van der Waals surface area contributed by atoms with Gasteiger partial charge in [-0.25, -0.2) is 9.97 Å². The Morgan fingerprint density at radius 2 is 2.05 bits per heavy atom. The van der Waals surface area contributed by atoms with Gasteiger partial charge in [0.2, 0.25) is 0 Å². The summed E-state index contributed by atoms with van der Waals surface area (Å²) in [5.74, 6) is 0.0602. The standard InChI is InChI=1S/C13H19N5OS2/c1-5-15-13-18-11(14)10(21-13)12(19)17-7(3)9-6(2)16-8(4)20-9/h7H,5,14H2,1-4H3,(H,15,18)(H,17,19).